The minimum absolute atomic E-state index is 0. The molecule has 158 valence electrons. The summed E-state index contributed by atoms with van der Waals surface area (Å²) in [7, 11) is 0. The number of hydrogen-bond acceptors (Lipinski definition) is 4. The molecule has 1 unspecified atom stereocenters. The molecule has 0 radical (unpaired) electrons. The van der Waals surface area contributed by atoms with Crippen LogP contribution in [0.5, 0.6) is 0 Å². The van der Waals surface area contributed by atoms with Gasteiger partial charge in [-0.3, -0.25) is 9.48 Å². The van der Waals surface area contributed by atoms with Crippen LogP contribution in [-0.4, -0.2) is 34.0 Å². The highest BCUT2D eigenvalue weighted by Crippen LogP contribution is 2.35. The number of thioether (sulfide) groups is 1. The Bertz CT molecular complexity index is 813. The lowest BCUT2D eigenvalue weighted by molar-refractivity contribution is 0.102. The second kappa shape index (κ2) is 10.5. The number of halogens is 1. The van der Waals surface area contributed by atoms with Crippen LogP contribution in [0.15, 0.2) is 35.4 Å². The van der Waals surface area contributed by atoms with Crippen LogP contribution in [0.2, 0.25) is 0 Å². The van der Waals surface area contributed by atoms with Crippen molar-refractivity contribution in [1.82, 2.24) is 15.1 Å². The van der Waals surface area contributed by atoms with E-state index < -0.39 is 0 Å². The van der Waals surface area contributed by atoms with E-state index in [4.69, 9.17) is 0 Å². The lowest BCUT2D eigenvalue weighted by Gasteiger charge is -2.22. The van der Waals surface area contributed by atoms with Gasteiger partial charge in [0.25, 0.3) is 5.91 Å². The Morgan fingerprint density at radius 2 is 2.00 bits per heavy atom. The number of aromatic nitrogens is 2. The Morgan fingerprint density at radius 1 is 1.17 bits per heavy atom. The average molecular weight is 435 g/mol. The molecule has 29 heavy (non-hydrogen) atoms. The first-order chi connectivity index (χ1) is 13.7. The Kier molecular flexibility index (Phi) is 8.04. The summed E-state index contributed by atoms with van der Waals surface area (Å²) in [6.45, 7) is 4.05. The van der Waals surface area contributed by atoms with E-state index in [1.165, 1.54) is 37.0 Å². The first-order valence-electron chi connectivity index (χ1n) is 10.5. The Labute approximate surface area is 183 Å². The molecule has 2 N–H and O–H groups in total. The summed E-state index contributed by atoms with van der Waals surface area (Å²) in [5, 5.41) is 11.7. The first-order valence-corrected chi connectivity index (χ1v) is 11.4. The molecule has 2 aliphatic rings. The minimum Gasteiger partial charge on any atom is -0.320 e. The molecule has 0 bridgehead atoms. The predicted octanol–water partition coefficient (Wildman–Crippen LogP) is 5.21. The van der Waals surface area contributed by atoms with Gasteiger partial charge in [-0.15, -0.1) is 24.2 Å². The van der Waals surface area contributed by atoms with Crippen LogP contribution in [0.4, 0.5) is 5.69 Å². The summed E-state index contributed by atoms with van der Waals surface area (Å²) in [6.07, 6.45) is 10.9. The van der Waals surface area contributed by atoms with Gasteiger partial charge in [0, 0.05) is 28.6 Å². The van der Waals surface area contributed by atoms with E-state index >= 15 is 0 Å². The molecule has 4 rings (SSSR count). The third kappa shape index (κ3) is 5.77. The van der Waals surface area contributed by atoms with E-state index in [0.717, 1.165) is 42.4 Å². The summed E-state index contributed by atoms with van der Waals surface area (Å²) in [4.78, 5) is 14.0. The Hall–Kier alpha value is -1.50. The highest BCUT2D eigenvalue weighted by atomic mass is 35.5. The van der Waals surface area contributed by atoms with Gasteiger partial charge in [-0.05, 0) is 69.0 Å². The number of aryl methyl sites for hydroxylation is 1. The Morgan fingerprint density at radius 3 is 2.72 bits per heavy atom. The fourth-order valence-electron chi connectivity index (χ4n) is 4.13. The molecule has 1 aliphatic carbocycles. The van der Waals surface area contributed by atoms with Crippen molar-refractivity contribution < 1.29 is 4.79 Å². The van der Waals surface area contributed by atoms with Crippen molar-refractivity contribution in [2.45, 2.75) is 68.1 Å². The molecule has 0 spiro atoms. The molecule has 1 atom stereocenters. The van der Waals surface area contributed by atoms with Crippen LogP contribution in [0.25, 0.3) is 0 Å². The number of benzene rings is 1. The van der Waals surface area contributed by atoms with Gasteiger partial charge in [-0.25, -0.2) is 0 Å². The molecular formula is C22H31ClN4OS. The number of carbonyl (C=O) groups is 1. The van der Waals surface area contributed by atoms with Crippen molar-refractivity contribution in [1.29, 1.82) is 0 Å². The molecule has 1 aliphatic heterocycles. The van der Waals surface area contributed by atoms with Crippen molar-refractivity contribution in [3.63, 3.8) is 0 Å². The average Bonchev–Trinajstić information content (AvgIpc) is 3.22. The van der Waals surface area contributed by atoms with E-state index in [1.807, 2.05) is 34.8 Å². The van der Waals surface area contributed by atoms with Gasteiger partial charge in [0.15, 0.2) is 5.69 Å². The molecule has 1 amide bonds. The Balaban J connectivity index is 0.00000240. The monoisotopic (exact) mass is 434 g/mol. The van der Waals surface area contributed by atoms with Crippen molar-refractivity contribution >= 4 is 35.8 Å². The van der Waals surface area contributed by atoms with Gasteiger partial charge in [-0.1, -0.05) is 19.3 Å². The molecule has 2 heterocycles. The minimum atomic E-state index is -0.140. The van der Waals surface area contributed by atoms with Crippen LogP contribution in [-0.2, 0) is 0 Å². The fraction of sp³-hybridized carbons (Fsp3) is 0.545. The quantitative estimate of drug-likeness (QED) is 0.677. The molecule has 2 fully saturated rings. The second-order valence-electron chi connectivity index (χ2n) is 7.99. The summed E-state index contributed by atoms with van der Waals surface area (Å²) in [5.41, 5.74) is 2.45. The third-order valence-electron chi connectivity index (χ3n) is 5.79. The number of rotatable bonds is 5. The van der Waals surface area contributed by atoms with Crippen molar-refractivity contribution in [2.24, 2.45) is 0 Å². The van der Waals surface area contributed by atoms with Gasteiger partial charge in [0.1, 0.15) is 0 Å². The smallest absolute Gasteiger partial charge is 0.276 e. The number of nitrogens with zero attached hydrogens (tertiary/aromatic N) is 2. The normalized spacial score (nSPS) is 20.1. The topological polar surface area (TPSA) is 59.0 Å². The molecular weight excluding hydrogens is 404 g/mol. The van der Waals surface area contributed by atoms with Crippen LogP contribution in [0.3, 0.4) is 0 Å². The number of carbonyl (C=O) groups excluding carboxylic acids is 1. The van der Waals surface area contributed by atoms with Crippen LogP contribution < -0.4 is 10.6 Å². The van der Waals surface area contributed by atoms with Crippen molar-refractivity contribution in [2.75, 3.05) is 18.4 Å². The maximum absolute atomic E-state index is 12.7. The van der Waals surface area contributed by atoms with Crippen LogP contribution in [0, 0.1) is 6.92 Å². The third-order valence-corrected chi connectivity index (χ3v) is 7.12. The van der Waals surface area contributed by atoms with Gasteiger partial charge < -0.3 is 10.6 Å². The lowest BCUT2D eigenvalue weighted by atomic mass is 10.0. The SMILES string of the molecule is Cc1cc(SC2CCCCC2)ccc1NC(=O)c1ccn(C2CCCNC2)n1.Cl. The lowest BCUT2D eigenvalue weighted by Crippen LogP contribution is -2.32. The molecule has 1 saturated heterocycles. The maximum Gasteiger partial charge on any atom is 0.276 e. The molecule has 1 aromatic heterocycles. The van der Waals surface area contributed by atoms with E-state index in [9.17, 15) is 4.79 Å². The van der Waals surface area contributed by atoms with Gasteiger partial charge in [0.05, 0.1) is 6.04 Å². The van der Waals surface area contributed by atoms with Gasteiger partial charge in [0.2, 0.25) is 0 Å². The zero-order valence-corrected chi connectivity index (χ0v) is 18.7. The van der Waals surface area contributed by atoms with Crippen molar-refractivity contribution in [3.8, 4) is 0 Å². The standard InChI is InChI=1S/C22H30N4OS.ClH/c1-16-14-19(28-18-7-3-2-4-8-18)9-10-20(16)24-22(27)21-11-13-26(25-21)17-6-5-12-23-15-17;/h9-11,13-14,17-18,23H,2-8,12,15H2,1H3,(H,24,27);1H. The summed E-state index contributed by atoms with van der Waals surface area (Å²) in [5.74, 6) is -0.140. The molecule has 1 saturated carbocycles. The molecule has 5 nitrogen and oxygen atoms in total. The zero-order chi connectivity index (χ0) is 19.3. The van der Waals surface area contributed by atoms with E-state index in [0.29, 0.717) is 11.7 Å². The number of nitrogens with one attached hydrogen (secondary N) is 2. The number of piperidine rings is 1. The largest absolute Gasteiger partial charge is 0.320 e. The van der Waals surface area contributed by atoms with E-state index in [-0.39, 0.29) is 18.3 Å². The second-order valence-corrected chi connectivity index (χ2v) is 9.36. The van der Waals surface area contributed by atoms with Crippen LogP contribution >= 0.6 is 24.2 Å². The number of hydrogen-bond donors (Lipinski definition) is 2. The maximum atomic E-state index is 12.7. The number of anilines is 1. The summed E-state index contributed by atoms with van der Waals surface area (Å²) < 4.78 is 1.93. The number of amides is 1. The van der Waals surface area contributed by atoms with E-state index in [2.05, 4.69) is 34.8 Å². The first kappa shape index (κ1) is 22.2. The summed E-state index contributed by atoms with van der Waals surface area (Å²) in [6, 6.07) is 8.51. The molecule has 1 aromatic carbocycles. The zero-order valence-electron chi connectivity index (χ0n) is 17.0. The highest BCUT2D eigenvalue weighted by Gasteiger charge is 2.19. The van der Waals surface area contributed by atoms with Gasteiger partial charge >= 0.3 is 0 Å². The van der Waals surface area contributed by atoms with Gasteiger partial charge in [-0.2, -0.15) is 5.10 Å². The predicted molar refractivity (Wildman–Crippen MR) is 122 cm³/mol. The van der Waals surface area contributed by atoms with Crippen molar-refractivity contribution in [3.05, 3.63) is 41.7 Å². The molecule has 2 aromatic rings. The van der Waals surface area contributed by atoms with E-state index in [1.54, 1.807) is 0 Å². The highest BCUT2D eigenvalue weighted by molar-refractivity contribution is 8.00. The summed E-state index contributed by atoms with van der Waals surface area (Å²) >= 11 is 1.99. The van der Waals surface area contributed by atoms with Crippen LogP contribution in [0.1, 0.15) is 67.0 Å². The fourth-order valence-corrected chi connectivity index (χ4v) is 5.48. The molecule has 7 heteroatoms.